The second kappa shape index (κ2) is 6.54. The van der Waals surface area contributed by atoms with Gasteiger partial charge in [-0.25, -0.2) is 4.98 Å². The molecule has 2 aliphatic rings. The Morgan fingerprint density at radius 1 is 1.08 bits per heavy atom. The molecule has 1 aromatic carbocycles. The summed E-state index contributed by atoms with van der Waals surface area (Å²) in [5, 5.41) is 9.67. The van der Waals surface area contributed by atoms with Crippen LogP contribution in [0.25, 0.3) is 5.57 Å². The molecule has 1 saturated heterocycles. The van der Waals surface area contributed by atoms with Crippen LogP contribution in [0.1, 0.15) is 42.4 Å². The molecule has 24 heavy (non-hydrogen) atoms. The molecular formula is C20H25N3O. The SMILES string of the molecule is CCN1CCC(=C2c3ccccc3CCn3c(CO)cnc32)CC1. The fraction of sp³-hybridized carbons (Fsp3) is 0.450. The van der Waals surface area contributed by atoms with Gasteiger partial charge in [-0.2, -0.15) is 0 Å². The van der Waals surface area contributed by atoms with Crippen LogP contribution < -0.4 is 0 Å². The van der Waals surface area contributed by atoms with Crippen LogP contribution in [0.15, 0.2) is 36.0 Å². The highest BCUT2D eigenvalue weighted by molar-refractivity contribution is 5.81. The van der Waals surface area contributed by atoms with Crippen LogP contribution in [0.5, 0.6) is 0 Å². The molecule has 0 spiro atoms. The first-order valence-corrected chi connectivity index (χ1v) is 9.00. The number of fused-ring (bicyclic) bond motifs is 2. The van der Waals surface area contributed by atoms with Gasteiger partial charge in [0.1, 0.15) is 5.82 Å². The Balaban J connectivity index is 1.87. The van der Waals surface area contributed by atoms with Crippen LogP contribution in [-0.2, 0) is 19.6 Å². The highest BCUT2D eigenvalue weighted by Gasteiger charge is 2.25. The van der Waals surface area contributed by atoms with Crippen molar-refractivity contribution in [2.45, 2.75) is 39.3 Å². The summed E-state index contributed by atoms with van der Waals surface area (Å²) in [6.45, 7) is 6.56. The van der Waals surface area contributed by atoms with Crippen LogP contribution in [0.4, 0.5) is 0 Å². The lowest BCUT2D eigenvalue weighted by molar-refractivity contribution is 0.269. The lowest BCUT2D eigenvalue weighted by atomic mass is 9.90. The van der Waals surface area contributed by atoms with Crippen molar-refractivity contribution in [3.8, 4) is 0 Å². The fourth-order valence-corrected chi connectivity index (χ4v) is 4.06. The summed E-state index contributed by atoms with van der Waals surface area (Å²) in [6, 6.07) is 8.74. The Hall–Kier alpha value is -1.91. The highest BCUT2D eigenvalue weighted by atomic mass is 16.3. The van der Waals surface area contributed by atoms with Gasteiger partial charge in [-0.3, -0.25) is 0 Å². The summed E-state index contributed by atoms with van der Waals surface area (Å²) in [4.78, 5) is 7.23. The predicted octanol–water partition coefficient (Wildman–Crippen LogP) is 2.85. The number of aliphatic hydroxyl groups excluding tert-OH is 1. The topological polar surface area (TPSA) is 41.3 Å². The molecule has 0 amide bonds. The maximum absolute atomic E-state index is 9.67. The lowest BCUT2D eigenvalue weighted by Gasteiger charge is -2.29. The van der Waals surface area contributed by atoms with Crippen LogP contribution in [0.2, 0.25) is 0 Å². The first kappa shape index (κ1) is 15.6. The highest BCUT2D eigenvalue weighted by Crippen LogP contribution is 2.36. The van der Waals surface area contributed by atoms with E-state index in [-0.39, 0.29) is 6.61 Å². The van der Waals surface area contributed by atoms with Gasteiger partial charge in [0.15, 0.2) is 0 Å². The zero-order valence-electron chi connectivity index (χ0n) is 14.3. The van der Waals surface area contributed by atoms with Gasteiger partial charge in [0.25, 0.3) is 0 Å². The van der Waals surface area contributed by atoms with Crippen molar-refractivity contribution >= 4 is 5.57 Å². The van der Waals surface area contributed by atoms with E-state index in [9.17, 15) is 5.11 Å². The number of aromatic nitrogens is 2. The summed E-state index contributed by atoms with van der Waals surface area (Å²) in [5.74, 6) is 1.05. The molecule has 0 radical (unpaired) electrons. The van der Waals surface area contributed by atoms with E-state index in [0.717, 1.165) is 57.0 Å². The van der Waals surface area contributed by atoms with Gasteiger partial charge in [-0.1, -0.05) is 36.8 Å². The van der Waals surface area contributed by atoms with E-state index < -0.39 is 0 Å². The number of imidazole rings is 1. The Kier molecular flexibility index (Phi) is 4.25. The number of aryl methyl sites for hydroxylation is 1. The lowest BCUT2D eigenvalue weighted by Crippen LogP contribution is -2.30. The molecule has 0 saturated carbocycles. The molecule has 3 heterocycles. The molecule has 1 aromatic heterocycles. The van der Waals surface area contributed by atoms with Crippen molar-refractivity contribution in [1.29, 1.82) is 0 Å². The average Bonchev–Trinajstić information content (AvgIpc) is 2.96. The fourth-order valence-electron chi connectivity index (χ4n) is 4.06. The molecule has 126 valence electrons. The van der Waals surface area contributed by atoms with Crippen molar-refractivity contribution in [3.63, 3.8) is 0 Å². The molecule has 4 rings (SSSR count). The van der Waals surface area contributed by atoms with Crippen molar-refractivity contribution in [1.82, 2.24) is 14.5 Å². The molecule has 4 heteroatoms. The first-order chi connectivity index (χ1) is 11.8. The Morgan fingerprint density at radius 2 is 1.88 bits per heavy atom. The molecule has 0 unspecified atom stereocenters. The van der Waals surface area contributed by atoms with Gasteiger partial charge in [0, 0.05) is 25.2 Å². The molecule has 2 aromatic rings. The Labute approximate surface area is 143 Å². The van der Waals surface area contributed by atoms with Crippen LogP contribution in [0, 0.1) is 0 Å². The number of aliphatic hydroxyl groups is 1. The van der Waals surface area contributed by atoms with E-state index >= 15 is 0 Å². The minimum absolute atomic E-state index is 0.0512. The third-order valence-corrected chi connectivity index (χ3v) is 5.48. The zero-order valence-corrected chi connectivity index (χ0v) is 14.3. The normalized spacial score (nSPS) is 18.2. The van der Waals surface area contributed by atoms with Gasteiger partial charge in [-0.05, 0) is 36.9 Å². The standard InChI is InChI=1S/C20H25N3O/c1-2-22-10-7-16(8-11-22)19-18-6-4-3-5-15(18)9-12-23-17(14-24)13-21-20(19)23/h3-6,13,24H,2,7-12,14H2,1H3. The van der Waals surface area contributed by atoms with E-state index in [0.29, 0.717) is 0 Å². The molecule has 1 fully saturated rings. The summed E-state index contributed by atoms with van der Waals surface area (Å²) in [5.41, 5.74) is 6.49. The predicted molar refractivity (Wildman–Crippen MR) is 95.7 cm³/mol. The van der Waals surface area contributed by atoms with Crippen LogP contribution in [0.3, 0.4) is 0 Å². The van der Waals surface area contributed by atoms with E-state index in [1.54, 1.807) is 0 Å². The Morgan fingerprint density at radius 3 is 2.62 bits per heavy atom. The molecule has 1 N–H and O–H groups in total. The van der Waals surface area contributed by atoms with Crippen molar-refractivity contribution in [2.24, 2.45) is 0 Å². The maximum Gasteiger partial charge on any atom is 0.140 e. The molecule has 4 nitrogen and oxygen atoms in total. The van der Waals surface area contributed by atoms with Crippen molar-refractivity contribution in [3.05, 3.63) is 58.7 Å². The van der Waals surface area contributed by atoms with Gasteiger partial charge in [0.05, 0.1) is 18.5 Å². The van der Waals surface area contributed by atoms with Gasteiger partial charge < -0.3 is 14.6 Å². The zero-order chi connectivity index (χ0) is 16.5. The maximum atomic E-state index is 9.67. The average molecular weight is 323 g/mol. The van der Waals surface area contributed by atoms with E-state index in [4.69, 9.17) is 4.98 Å². The van der Waals surface area contributed by atoms with Crippen molar-refractivity contribution < 1.29 is 5.11 Å². The molecular weight excluding hydrogens is 298 g/mol. The number of rotatable bonds is 2. The molecule has 2 aliphatic heterocycles. The number of benzene rings is 1. The van der Waals surface area contributed by atoms with Crippen LogP contribution in [-0.4, -0.2) is 39.2 Å². The number of nitrogens with zero attached hydrogens (tertiary/aromatic N) is 3. The van der Waals surface area contributed by atoms with Gasteiger partial charge in [0.2, 0.25) is 0 Å². The number of piperidine rings is 1. The third kappa shape index (κ3) is 2.60. The number of hydrogen-bond acceptors (Lipinski definition) is 3. The van der Waals surface area contributed by atoms with Gasteiger partial charge >= 0.3 is 0 Å². The number of hydrogen-bond donors (Lipinski definition) is 1. The second-order valence-electron chi connectivity index (χ2n) is 6.70. The quantitative estimate of drug-likeness (QED) is 0.924. The largest absolute Gasteiger partial charge is 0.390 e. The minimum atomic E-state index is 0.0512. The summed E-state index contributed by atoms with van der Waals surface area (Å²) < 4.78 is 2.22. The van der Waals surface area contributed by atoms with Crippen LogP contribution >= 0.6 is 0 Å². The van der Waals surface area contributed by atoms with Crippen molar-refractivity contribution in [2.75, 3.05) is 19.6 Å². The second-order valence-corrected chi connectivity index (χ2v) is 6.70. The molecule has 0 atom stereocenters. The third-order valence-electron chi connectivity index (χ3n) is 5.48. The summed E-state index contributed by atoms with van der Waals surface area (Å²) in [7, 11) is 0. The number of likely N-dealkylation sites (tertiary alicyclic amines) is 1. The van der Waals surface area contributed by atoms with E-state index in [1.807, 2.05) is 6.20 Å². The first-order valence-electron chi connectivity index (χ1n) is 9.00. The molecule has 0 aliphatic carbocycles. The summed E-state index contributed by atoms with van der Waals surface area (Å²) >= 11 is 0. The Bertz CT molecular complexity index is 765. The van der Waals surface area contributed by atoms with E-state index in [1.165, 1.54) is 22.3 Å². The summed E-state index contributed by atoms with van der Waals surface area (Å²) in [6.07, 6.45) is 5.05. The monoisotopic (exact) mass is 323 g/mol. The van der Waals surface area contributed by atoms with E-state index in [2.05, 4.69) is 40.7 Å². The molecule has 0 bridgehead atoms. The minimum Gasteiger partial charge on any atom is -0.390 e. The smallest absolute Gasteiger partial charge is 0.140 e. The van der Waals surface area contributed by atoms with Gasteiger partial charge in [-0.15, -0.1) is 0 Å².